The molecule has 0 aromatic heterocycles. The summed E-state index contributed by atoms with van der Waals surface area (Å²) >= 11 is 5.74. The highest BCUT2D eigenvalue weighted by Gasteiger charge is 2.14. The summed E-state index contributed by atoms with van der Waals surface area (Å²) in [7, 11) is 0. The first kappa shape index (κ1) is 13.4. The fourth-order valence-electron chi connectivity index (χ4n) is 1.60. The normalized spacial score (nSPS) is 14.8. The van der Waals surface area contributed by atoms with Crippen molar-refractivity contribution in [1.82, 2.24) is 5.43 Å². The molecule has 4 heteroatoms. The lowest BCUT2D eigenvalue weighted by atomic mass is 9.95. The van der Waals surface area contributed by atoms with Crippen LogP contribution in [-0.4, -0.2) is 0 Å². The molecule has 0 heterocycles. The molecule has 2 unspecified atom stereocenters. The number of hydrogen-bond donors (Lipinski definition) is 2. The first-order valence-electron chi connectivity index (χ1n) is 5.49. The van der Waals surface area contributed by atoms with Gasteiger partial charge in [-0.25, -0.2) is 4.39 Å². The fraction of sp³-hybridized carbons (Fsp3) is 0.500. The van der Waals surface area contributed by atoms with Gasteiger partial charge in [-0.1, -0.05) is 37.9 Å². The molecule has 0 aliphatic heterocycles. The van der Waals surface area contributed by atoms with Gasteiger partial charge in [-0.15, -0.1) is 0 Å². The predicted molar refractivity (Wildman–Crippen MR) is 65.5 cm³/mol. The quantitative estimate of drug-likeness (QED) is 0.615. The van der Waals surface area contributed by atoms with Crippen molar-refractivity contribution in [2.24, 2.45) is 11.8 Å². The molecule has 1 aromatic rings. The molecule has 3 N–H and O–H groups in total. The summed E-state index contributed by atoms with van der Waals surface area (Å²) in [5.74, 6) is 5.67. The van der Waals surface area contributed by atoms with E-state index in [1.807, 2.05) is 0 Å². The summed E-state index contributed by atoms with van der Waals surface area (Å²) in [6, 6.07) is 4.74. The Labute approximate surface area is 101 Å². The second-order valence-corrected chi connectivity index (χ2v) is 4.55. The van der Waals surface area contributed by atoms with Crippen molar-refractivity contribution >= 4 is 11.6 Å². The molecule has 0 bridgehead atoms. The highest BCUT2D eigenvalue weighted by atomic mass is 35.5. The molecule has 1 rings (SSSR count). The Morgan fingerprint density at radius 1 is 1.50 bits per heavy atom. The number of benzene rings is 1. The molecule has 90 valence electrons. The standard InChI is InChI=1S/C12H18ClFN2/c1-3-8(2)6-12(16-15)9-4-5-11(14)10(13)7-9/h4-5,7-8,12,16H,3,6,15H2,1-2H3. The number of halogens is 2. The van der Waals surface area contributed by atoms with Crippen molar-refractivity contribution in [1.29, 1.82) is 0 Å². The van der Waals surface area contributed by atoms with Gasteiger partial charge in [-0.05, 0) is 30.0 Å². The lowest BCUT2D eigenvalue weighted by Crippen LogP contribution is -2.29. The van der Waals surface area contributed by atoms with Crippen molar-refractivity contribution in [3.05, 3.63) is 34.6 Å². The molecule has 16 heavy (non-hydrogen) atoms. The van der Waals surface area contributed by atoms with Crippen molar-refractivity contribution in [2.45, 2.75) is 32.7 Å². The van der Waals surface area contributed by atoms with Crippen molar-refractivity contribution in [2.75, 3.05) is 0 Å². The molecular formula is C12H18ClFN2. The van der Waals surface area contributed by atoms with Gasteiger partial charge in [-0.2, -0.15) is 0 Å². The summed E-state index contributed by atoms with van der Waals surface area (Å²) in [6.45, 7) is 4.30. The second-order valence-electron chi connectivity index (χ2n) is 4.14. The first-order valence-corrected chi connectivity index (χ1v) is 5.87. The minimum Gasteiger partial charge on any atom is -0.271 e. The molecule has 0 radical (unpaired) electrons. The van der Waals surface area contributed by atoms with E-state index in [0.717, 1.165) is 18.4 Å². The SMILES string of the molecule is CCC(C)CC(NN)c1ccc(F)c(Cl)c1. The molecule has 0 spiro atoms. The topological polar surface area (TPSA) is 38.0 Å². The van der Waals surface area contributed by atoms with Gasteiger partial charge in [0.15, 0.2) is 0 Å². The summed E-state index contributed by atoms with van der Waals surface area (Å²) in [5.41, 5.74) is 3.67. The van der Waals surface area contributed by atoms with Crippen LogP contribution in [0.5, 0.6) is 0 Å². The number of rotatable bonds is 5. The summed E-state index contributed by atoms with van der Waals surface area (Å²) < 4.78 is 13.0. The lowest BCUT2D eigenvalue weighted by Gasteiger charge is -2.20. The largest absolute Gasteiger partial charge is 0.271 e. The Balaban J connectivity index is 2.82. The monoisotopic (exact) mass is 244 g/mol. The van der Waals surface area contributed by atoms with Crippen LogP contribution in [0, 0.1) is 11.7 Å². The Morgan fingerprint density at radius 3 is 2.69 bits per heavy atom. The average Bonchev–Trinajstić information content (AvgIpc) is 2.29. The summed E-state index contributed by atoms with van der Waals surface area (Å²) in [5, 5.41) is 0.141. The zero-order valence-electron chi connectivity index (χ0n) is 9.63. The van der Waals surface area contributed by atoms with Crippen molar-refractivity contribution in [3.63, 3.8) is 0 Å². The van der Waals surface area contributed by atoms with E-state index in [4.69, 9.17) is 17.4 Å². The highest BCUT2D eigenvalue weighted by molar-refractivity contribution is 6.30. The number of nitrogens with two attached hydrogens (primary N) is 1. The molecule has 2 nitrogen and oxygen atoms in total. The second kappa shape index (κ2) is 6.18. The van der Waals surface area contributed by atoms with E-state index in [0.29, 0.717) is 5.92 Å². The van der Waals surface area contributed by atoms with E-state index in [-0.39, 0.29) is 11.1 Å². The van der Waals surface area contributed by atoms with E-state index >= 15 is 0 Å². The van der Waals surface area contributed by atoms with Gasteiger partial charge >= 0.3 is 0 Å². The smallest absolute Gasteiger partial charge is 0.141 e. The predicted octanol–water partition coefficient (Wildman–Crippen LogP) is 3.42. The van der Waals surface area contributed by atoms with Crippen LogP contribution in [0.15, 0.2) is 18.2 Å². The number of hydrogen-bond acceptors (Lipinski definition) is 2. The van der Waals surface area contributed by atoms with Crippen molar-refractivity contribution < 1.29 is 4.39 Å². The maximum absolute atomic E-state index is 13.0. The third-order valence-electron chi connectivity index (χ3n) is 2.88. The lowest BCUT2D eigenvalue weighted by molar-refractivity contribution is 0.407. The van der Waals surface area contributed by atoms with E-state index in [2.05, 4.69) is 19.3 Å². The summed E-state index contributed by atoms with van der Waals surface area (Å²) in [4.78, 5) is 0. The third-order valence-corrected chi connectivity index (χ3v) is 3.17. The maximum atomic E-state index is 13.0. The van der Waals surface area contributed by atoms with Crippen LogP contribution in [0.3, 0.4) is 0 Å². The third kappa shape index (κ3) is 3.44. The molecule has 0 saturated heterocycles. The number of hydrazine groups is 1. The van der Waals surface area contributed by atoms with E-state index < -0.39 is 5.82 Å². The number of nitrogens with one attached hydrogen (secondary N) is 1. The van der Waals surface area contributed by atoms with Crippen molar-refractivity contribution in [3.8, 4) is 0 Å². The molecule has 0 amide bonds. The molecule has 0 aliphatic rings. The Kier molecular flexibility index (Phi) is 5.19. The maximum Gasteiger partial charge on any atom is 0.141 e. The Hall–Kier alpha value is -0.640. The van der Waals surface area contributed by atoms with Gasteiger partial charge in [0.25, 0.3) is 0 Å². The Bertz CT molecular complexity index is 344. The molecule has 0 fully saturated rings. The van der Waals surface area contributed by atoms with Gasteiger partial charge < -0.3 is 0 Å². The van der Waals surface area contributed by atoms with Crippen LogP contribution in [0.4, 0.5) is 4.39 Å². The minimum atomic E-state index is -0.398. The van der Waals surface area contributed by atoms with Crippen LogP contribution in [0.1, 0.15) is 38.3 Å². The van der Waals surface area contributed by atoms with Gasteiger partial charge in [0.05, 0.1) is 5.02 Å². The van der Waals surface area contributed by atoms with Crippen LogP contribution >= 0.6 is 11.6 Å². The van der Waals surface area contributed by atoms with Crippen LogP contribution in [0.25, 0.3) is 0 Å². The fourth-order valence-corrected chi connectivity index (χ4v) is 1.79. The summed E-state index contributed by atoms with van der Waals surface area (Å²) in [6.07, 6.45) is 2.00. The average molecular weight is 245 g/mol. The Morgan fingerprint density at radius 2 is 2.19 bits per heavy atom. The van der Waals surface area contributed by atoms with Gasteiger partial charge in [-0.3, -0.25) is 11.3 Å². The van der Waals surface area contributed by atoms with E-state index in [1.54, 1.807) is 12.1 Å². The van der Waals surface area contributed by atoms with Crippen LogP contribution in [0.2, 0.25) is 5.02 Å². The zero-order chi connectivity index (χ0) is 12.1. The minimum absolute atomic E-state index is 0.0213. The van der Waals surface area contributed by atoms with Gasteiger partial charge in [0, 0.05) is 6.04 Å². The van der Waals surface area contributed by atoms with E-state index in [9.17, 15) is 4.39 Å². The van der Waals surface area contributed by atoms with Gasteiger partial charge in [0.2, 0.25) is 0 Å². The van der Waals surface area contributed by atoms with E-state index in [1.165, 1.54) is 6.07 Å². The highest BCUT2D eigenvalue weighted by Crippen LogP contribution is 2.25. The molecule has 0 saturated carbocycles. The molecule has 2 atom stereocenters. The molecule has 1 aromatic carbocycles. The van der Waals surface area contributed by atoms with Crippen LogP contribution < -0.4 is 11.3 Å². The van der Waals surface area contributed by atoms with Gasteiger partial charge in [0.1, 0.15) is 5.82 Å². The van der Waals surface area contributed by atoms with Crippen LogP contribution in [-0.2, 0) is 0 Å². The first-order chi connectivity index (χ1) is 7.58. The molecular weight excluding hydrogens is 227 g/mol. The zero-order valence-corrected chi connectivity index (χ0v) is 10.4. The molecule has 0 aliphatic carbocycles.